The lowest BCUT2D eigenvalue weighted by atomic mass is 10.1. The molecule has 1 aromatic heterocycles. The standard InChI is InChI=1S/C18H15ClN2O/c19-16-7-3-13(4-8-16)10-21-11-15-6-5-14-2-1-9-20-17(14)18(15)22-12-21/h1-9H,10-12H2. The van der Waals surface area contributed by atoms with Crippen molar-refractivity contribution in [1.82, 2.24) is 9.88 Å². The fourth-order valence-corrected chi connectivity index (χ4v) is 2.96. The molecule has 0 unspecified atom stereocenters. The minimum Gasteiger partial charge on any atom is -0.475 e. The van der Waals surface area contributed by atoms with Crippen LogP contribution in [0.4, 0.5) is 0 Å². The van der Waals surface area contributed by atoms with E-state index in [1.165, 1.54) is 11.1 Å². The van der Waals surface area contributed by atoms with E-state index in [1.54, 1.807) is 0 Å². The molecule has 4 heteroatoms. The third kappa shape index (κ3) is 2.54. The number of ether oxygens (including phenoxy) is 1. The van der Waals surface area contributed by atoms with Crippen molar-refractivity contribution < 1.29 is 4.74 Å². The molecule has 0 spiro atoms. The summed E-state index contributed by atoms with van der Waals surface area (Å²) in [4.78, 5) is 6.72. The van der Waals surface area contributed by atoms with Gasteiger partial charge in [0.25, 0.3) is 0 Å². The van der Waals surface area contributed by atoms with E-state index in [9.17, 15) is 0 Å². The van der Waals surface area contributed by atoms with Crippen molar-refractivity contribution in [1.29, 1.82) is 0 Å². The minimum atomic E-state index is 0.575. The second-order valence-corrected chi connectivity index (χ2v) is 5.95. The van der Waals surface area contributed by atoms with Crippen molar-refractivity contribution in [3.05, 3.63) is 70.9 Å². The number of hydrogen-bond acceptors (Lipinski definition) is 3. The number of nitrogens with zero attached hydrogens (tertiary/aromatic N) is 2. The number of benzene rings is 2. The molecule has 0 aliphatic carbocycles. The summed E-state index contributed by atoms with van der Waals surface area (Å²) >= 11 is 5.93. The van der Waals surface area contributed by atoms with Gasteiger partial charge in [-0.3, -0.25) is 9.88 Å². The molecule has 0 atom stereocenters. The van der Waals surface area contributed by atoms with Crippen molar-refractivity contribution >= 4 is 22.5 Å². The number of fused-ring (bicyclic) bond motifs is 3. The summed E-state index contributed by atoms with van der Waals surface area (Å²) in [5.41, 5.74) is 3.37. The first kappa shape index (κ1) is 13.6. The normalized spacial score (nSPS) is 14.6. The Labute approximate surface area is 134 Å². The van der Waals surface area contributed by atoms with Crippen LogP contribution in [0.1, 0.15) is 11.1 Å². The van der Waals surface area contributed by atoms with Gasteiger partial charge in [-0.1, -0.05) is 41.9 Å². The Kier molecular flexibility index (Phi) is 3.45. The summed E-state index contributed by atoms with van der Waals surface area (Å²) in [6.07, 6.45) is 1.81. The molecule has 3 aromatic rings. The zero-order valence-electron chi connectivity index (χ0n) is 12.0. The first-order valence-corrected chi connectivity index (χ1v) is 7.63. The highest BCUT2D eigenvalue weighted by molar-refractivity contribution is 6.30. The number of aromatic nitrogens is 1. The maximum absolute atomic E-state index is 5.98. The molecule has 4 rings (SSSR count). The Hall–Kier alpha value is -2.10. The fraction of sp³-hybridized carbons (Fsp3) is 0.167. The smallest absolute Gasteiger partial charge is 0.152 e. The van der Waals surface area contributed by atoms with Crippen molar-refractivity contribution in [3.8, 4) is 5.75 Å². The van der Waals surface area contributed by atoms with E-state index in [4.69, 9.17) is 16.3 Å². The number of hydrogen-bond donors (Lipinski definition) is 0. The SMILES string of the molecule is Clc1ccc(CN2COc3c(ccc4cccnc34)C2)cc1. The Morgan fingerprint density at radius 1 is 1.09 bits per heavy atom. The molecular formula is C18H15ClN2O. The molecule has 22 heavy (non-hydrogen) atoms. The van der Waals surface area contributed by atoms with Crippen LogP contribution in [-0.2, 0) is 13.1 Å². The van der Waals surface area contributed by atoms with E-state index in [0.717, 1.165) is 34.8 Å². The largest absolute Gasteiger partial charge is 0.475 e. The van der Waals surface area contributed by atoms with Gasteiger partial charge in [-0.05, 0) is 23.8 Å². The molecule has 0 amide bonds. The minimum absolute atomic E-state index is 0.575. The van der Waals surface area contributed by atoms with Gasteiger partial charge in [0.15, 0.2) is 5.75 Å². The molecule has 1 aliphatic rings. The second-order valence-electron chi connectivity index (χ2n) is 5.52. The van der Waals surface area contributed by atoms with Crippen LogP contribution in [-0.4, -0.2) is 16.6 Å². The predicted molar refractivity (Wildman–Crippen MR) is 87.9 cm³/mol. The van der Waals surface area contributed by atoms with Crippen LogP contribution in [0.15, 0.2) is 54.7 Å². The van der Waals surface area contributed by atoms with E-state index in [-0.39, 0.29) is 0 Å². The molecule has 0 radical (unpaired) electrons. The quantitative estimate of drug-likeness (QED) is 0.708. The summed E-state index contributed by atoms with van der Waals surface area (Å²) in [6.45, 7) is 2.28. The lowest BCUT2D eigenvalue weighted by Crippen LogP contribution is -2.31. The molecule has 0 bridgehead atoms. The summed E-state index contributed by atoms with van der Waals surface area (Å²) in [5, 5.41) is 1.88. The summed E-state index contributed by atoms with van der Waals surface area (Å²) < 4.78 is 5.98. The monoisotopic (exact) mass is 310 g/mol. The van der Waals surface area contributed by atoms with Gasteiger partial charge in [-0.15, -0.1) is 0 Å². The maximum Gasteiger partial charge on any atom is 0.152 e. The Morgan fingerprint density at radius 3 is 2.82 bits per heavy atom. The molecule has 0 N–H and O–H groups in total. The van der Waals surface area contributed by atoms with Crippen molar-refractivity contribution in [3.63, 3.8) is 0 Å². The van der Waals surface area contributed by atoms with Gasteiger partial charge in [0, 0.05) is 35.3 Å². The second kappa shape index (κ2) is 5.59. The summed E-state index contributed by atoms with van der Waals surface area (Å²) in [7, 11) is 0. The Balaban J connectivity index is 1.59. The highest BCUT2D eigenvalue weighted by Gasteiger charge is 2.20. The van der Waals surface area contributed by atoms with Gasteiger partial charge in [0.2, 0.25) is 0 Å². The molecule has 2 heterocycles. The van der Waals surface area contributed by atoms with Gasteiger partial charge in [-0.2, -0.15) is 0 Å². The van der Waals surface area contributed by atoms with Gasteiger partial charge < -0.3 is 4.74 Å². The molecule has 0 saturated carbocycles. The molecule has 110 valence electrons. The molecule has 0 saturated heterocycles. The van der Waals surface area contributed by atoms with Gasteiger partial charge >= 0.3 is 0 Å². The number of rotatable bonds is 2. The van der Waals surface area contributed by atoms with Crippen molar-refractivity contribution in [2.45, 2.75) is 13.1 Å². The van der Waals surface area contributed by atoms with Crippen LogP contribution >= 0.6 is 11.6 Å². The van der Waals surface area contributed by atoms with E-state index in [0.29, 0.717) is 6.73 Å². The van der Waals surface area contributed by atoms with E-state index in [2.05, 4.69) is 40.2 Å². The van der Waals surface area contributed by atoms with Crippen molar-refractivity contribution in [2.24, 2.45) is 0 Å². The molecule has 0 fully saturated rings. The van der Waals surface area contributed by atoms with E-state index in [1.807, 2.05) is 24.4 Å². The molecule has 2 aromatic carbocycles. The van der Waals surface area contributed by atoms with Crippen LogP contribution in [0, 0.1) is 0 Å². The molecular weight excluding hydrogens is 296 g/mol. The lowest BCUT2D eigenvalue weighted by Gasteiger charge is -2.29. The van der Waals surface area contributed by atoms with Gasteiger partial charge in [0.1, 0.15) is 12.2 Å². The zero-order valence-corrected chi connectivity index (χ0v) is 12.8. The highest BCUT2D eigenvalue weighted by atomic mass is 35.5. The average Bonchev–Trinajstić information content (AvgIpc) is 2.57. The molecule has 1 aliphatic heterocycles. The third-order valence-electron chi connectivity index (χ3n) is 3.91. The van der Waals surface area contributed by atoms with Crippen molar-refractivity contribution in [2.75, 3.05) is 6.73 Å². The van der Waals surface area contributed by atoms with E-state index >= 15 is 0 Å². The van der Waals surface area contributed by atoms with Crippen LogP contribution < -0.4 is 4.74 Å². The van der Waals surface area contributed by atoms with Crippen LogP contribution in [0.25, 0.3) is 10.9 Å². The van der Waals surface area contributed by atoms with Gasteiger partial charge in [-0.25, -0.2) is 0 Å². The number of halogens is 1. The summed E-state index contributed by atoms with van der Waals surface area (Å²) in [5.74, 6) is 0.922. The average molecular weight is 311 g/mol. The zero-order chi connectivity index (χ0) is 14.9. The predicted octanol–water partition coefficient (Wildman–Crippen LogP) is 4.24. The third-order valence-corrected chi connectivity index (χ3v) is 4.17. The number of pyridine rings is 1. The fourth-order valence-electron chi connectivity index (χ4n) is 2.84. The van der Waals surface area contributed by atoms with Gasteiger partial charge in [0.05, 0.1) is 0 Å². The summed E-state index contributed by atoms with van der Waals surface area (Å²) in [6, 6.07) is 16.2. The highest BCUT2D eigenvalue weighted by Crippen LogP contribution is 2.32. The van der Waals surface area contributed by atoms with E-state index < -0.39 is 0 Å². The van der Waals surface area contributed by atoms with Crippen LogP contribution in [0.5, 0.6) is 5.75 Å². The lowest BCUT2D eigenvalue weighted by molar-refractivity contribution is 0.0902. The topological polar surface area (TPSA) is 25.4 Å². The Bertz CT molecular complexity index is 817. The molecule has 3 nitrogen and oxygen atoms in total. The Morgan fingerprint density at radius 2 is 1.95 bits per heavy atom. The maximum atomic E-state index is 5.98. The van der Waals surface area contributed by atoms with Crippen LogP contribution in [0.2, 0.25) is 5.02 Å². The first-order valence-electron chi connectivity index (χ1n) is 7.26. The van der Waals surface area contributed by atoms with Crippen LogP contribution in [0.3, 0.4) is 0 Å². The first-order chi connectivity index (χ1) is 10.8.